The molecule has 0 amide bonds. The molecular formula is C21H28N8O2. The minimum atomic E-state index is -0.109. The van der Waals surface area contributed by atoms with Crippen LogP contribution < -0.4 is 11.1 Å². The third-order valence-corrected chi connectivity index (χ3v) is 5.60. The van der Waals surface area contributed by atoms with Crippen LogP contribution in [0, 0.1) is 13.8 Å². The van der Waals surface area contributed by atoms with E-state index in [-0.39, 0.29) is 11.1 Å². The second-order valence-electron chi connectivity index (χ2n) is 8.04. The lowest BCUT2D eigenvalue weighted by Crippen LogP contribution is -2.47. The maximum atomic E-state index is 12.3. The largest absolute Gasteiger partial charge is 0.299 e. The summed E-state index contributed by atoms with van der Waals surface area (Å²) in [4.78, 5) is 28.7. The molecule has 0 bridgehead atoms. The van der Waals surface area contributed by atoms with Crippen molar-refractivity contribution in [1.82, 2.24) is 39.1 Å². The van der Waals surface area contributed by atoms with Crippen LogP contribution >= 0.6 is 0 Å². The number of aryl methyl sites for hydroxylation is 3. The van der Waals surface area contributed by atoms with Crippen LogP contribution in [0.4, 0.5) is 0 Å². The Morgan fingerprint density at radius 3 is 2.32 bits per heavy atom. The summed E-state index contributed by atoms with van der Waals surface area (Å²) in [7, 11) is 1.65. The third kappa shape index (κ3) is 4.97. The first kappa shape index (κ1) is 21.1. The van der Waals surface area contributed by atoms with Crippen molar-refractivity contribution >= 4 is 0 Å². The van der Waals surface area contributed by atoms with Crippen LogP contribution in [-0.2, 0) is 20.1 Å². The van der Waals surface area contributed by atoms with Gasteiger partial charge in [-0.3, -0.25) is 19.4 Å². The molecule has 0 spiro atoms. The van der Waals surface area contributed by atoms with Gasteiger partial charge in [0, 0.05) is 64.1 Å². The van der Waals surface area contributed by atoms with Crippen LogP contribution in [0.15, 0.2) is 40.1 Å². The fourth-order valence-corrected chi connectivity index (χ4v) is 3.83. The molecule has 1 aliphatic rings. The Kier molecular flexibility index (Phi) is 6.10. The van der Waals surface area contributed by atoms with E-state index in [4.69, 9.17) is 0 Å². The van der Waals surface area contributed by atoms with Crippen LogP contribution in [0.5, 0.6) is 0 Å². The summed E-state index contributed by atoms with van der Waals surface area (Å²) in [5.41, 5.74) is 2.64. The third-order valence-electron chi connectivity index (χ3n) is 5.60. The fourth-order valence-electron chi connectivity index (χ4n) is 3.83. The average Bonchev–Trinajstić information content (AvgIpc) is 3.09. The fraction of sp³-hybridized carbons (Fsp3) is 0.476. The van der Waals surface area contributed by atoms with Crippen molar-refractivity contribution in [3.05, 3.63) is 68.1 Å². The first-order chi connectivity index (χ1) is 14.9. The second-order valence-corrected chi connectivity index (χ2v) is 8.04. The standard InChI is InChI=1S/C21H28N8O2/c1-16-12-17(2)29(23-16)19-4-5-20(30)28(24-19)11-10-26-6-8-27(9-7-26)15-18-13-21(31)25(3)22-14-18/h4-5,12-14H,6-11,15H2,1-3H3. The van der Waals surface area contributed by atoms with E-state index in [2.05, 4.69) is 25.1 Å². The molecule has 0 aliphatic carbocycles. The van der Waals surface area contributed by atoms with Crippen molar-refractivity contribution in [2.75, 3.05) is 32.7 Å². The number of rotatable bonds is 6. The highest BCUT2D eigenvalue weighted by molar-refractivity contribution is 5.23. The van der Waals surface area contributed by atoms with Gasteiger partial charge in [-0.1, -0.05) is 0 Å². The summed E-state index contributed by atoms with van der Waals surface area (Å²) in [6, 6.07) is 6.89. The topological polar surface area (TPSA) is 94.1 Å². The molecule has 3 aromatic rings. The Labute approximate surface area is 180 Å². The summed E-state index contributed by atoms with van der Waals surface area (Å²) in [5.74, 6) is 0.651. The Bertz CT molecular complexity index is 1170. The average molecular weight is 425 g/mol. The van der Waals surface area contributed by atoms with Crippen molar-refractivity contribution < 1.29 is 0 Å². The van der Waals surface area contributed by atoms with Crippen molar-refractivity contribution in [3.8, 4) is 5.82 Å². The van der Waals surface area contributed by atoms with Gasteiger partial charge in [0.25, 0.3) is 11.1 Å². The van der Waals surface area contributed by atoms with Gasteiger partial charge in [-0.25, -0.2) is 14.0 Å². The zero-order valence-electron chi connectivity index (χ0n) is 18.2. The molecule has 164 valence electrons. The smallest absolute Gasteiger partial charge is 0.266 e. The molecule has 1 fully saturated rings. The first-order valence-electron chi connectivity index (χ1n) is 10.5. The lowest BCUT2D eigenvalue weighted by Gasteiger charge is -2.34. The second kappa shape index (κ2) is 8.94. The Morgan fingerprint density at radius 2 is 1.65 bits per heavy atom. The molecule has 0 radical (unpaired) electrons. The lowest BCUT2D eigenvalue weighted by atomic mass is 10.2. The Morgan fingerprint density at radius 1 is 0.903 bits per heavy atom. The van der Waals surface area contributed by atoms with Gasteiger partial charge in [-0.05, 0) is 31.5 Å². The van der Waals surface area contributed by atoms with Crippen molar-refractivity contribution in [2.45, 2.75) is 26.9 Å². The molecule has 1 saturated heterocycles. The van der Waals surface area contributed by atoms with Gasteiger partial charge in [0.1, 0.15) is 0 Å². The quantitative estimate of drug-likeness (QED) is 0.548. The number of hydrogen-bond donors (Lipinski definition) is 0. The molecule has 0 aromatic carbocycles. The number of hydrogen-bond acceptors (Lipinski definition) is 7. The molecule has 1 aliphatic heterocycles. The molecule has 4 rings (SSSR count). The van der Waals surface area contributed by atoms with E-state index in [1.165, 1.54) is 9.36 Å². The SMILES string of the molecule is Cc1cc(C)n(-c2ccc(=O)n(CCN3CCN(Cc4cnn(C)c(=O)c4)CC3)n2)n1. The summed E-state index contributed by atoms with van der Waals surface area (Å²) >= 11 is 0. The van der Waals surface area contributed by atoms with Crippen molar-refractivity contribution in [3.63, 3.8) is 0 Å². The van der Waals surface area contributed by atoms with E-state index in [1.54, 1.807) is 36.1 Å². The predicted octanol–water partition coefficient (Wildman–Crippen LogP) is -0.0427. The summed E-state index contributed by atoms with van der Waals surface area (Å²) < 4.78 is 4.61. The van der Waals surface area contributed by atoms with E-state index >= 15 is 0 Å². The van der Waals surface area contributed by atoms with Crippen molar-refractivity contribution in [1.29, 1.82) is 0 Å². The van der Waals surface area contributed by atoms with E-state index in [1.807, 2.05) is 19.9 Å². The van der Waals surface area contributed by atoms with Gasteiger partial charge >= 0.3 is 0 Å². The molecule has 0 N–H and O–H groups in total. The van der Waals surface area contributed by atoms with E-state index < -0.39 is 0 Å². The first-order valence-corrected chi connectivity index (χ1v) is 10.5. The van der Waals surface area contributed by atoms with Gasteiger partial charge in [-0.2, -0.15) is 10.2 Å². The van der Waals surface area contributed by atoms with Gasteiger partial charge in [0.2, 0.25) is 0 Å². The van der Waals surface area contributed by atoms with Gasteiger partial charge in [0.05, 0.1) is 18.4 Å². The maximum absolute atomic E-state index is 12.3. The molecule has 0 saturated carbocycles. The number of aromatic nitrogens is 6. The summed E-state index contributed by atoms with van der Waals surface area (Å²) in [5, 5.41) is 13.1. The molecule has 0 unspecified atom stereocenters. The highest BCUT2D eigenvalue weighted by Crippen LogP contribution is 2.09. The van der Waals surface area contributed by atoms with Crippen LogP contribution in [-0.4, -0.2) is 71.9 Å². The number of nitrogens with zero attached hydrogens (tertiary/aromatic N) is 8. The Balaban J connectivity index is 1.33. The van der Waals surface area contributed by atoms with E-state index in [0.717, 1.165) is 56.2 Å². The monoisotopic (exact) mass is 424 g/mol. The summed E-state index contributed by atoms with van der Waals surface area (Å²) in [6.07, 6.45) is 1.75. The van der Waals surface area contributed by atoms with Gasteiger partial charge in [-0.15, -0.1) is 5.10 Å². The highest BCUT2D eigenvalue weighted by Gasteiger charge is 2.17. The maximum Gasteiger partial charge on any atom is 0.266 e. The molecule has 31 heavy (non-hydrogen) atoms. The minimum absolute atomic E-state index is 0.0863. The van der Waals surface area contributed by atoms with Crippen LogP contribution in [0.25, 0.3) is 5.82 Å². The van der Waals surface area contributed by atoms with Crippen LogP contribution in [0.1, 0.15) is 17.0 Å². The normalized spacial score (nSPS) is 15.5. The molecule has 4 heterocycles. The molecule has 0 atom stereocenters. The zero-order valence-corrected chi connectivity index (χ0v) is 18.2. The number of piperazine rings is 1. The molecule has 10 nitrogen and oxygen atoms in total. The van der Waals surface area contributed by atoms with Crippen LogP contribution in [0.2, 0.25) is 0 Å². The molecular weight excluding hydrogens is 396 g/mol. The molecule has 3 aromatic heterocycles. The lowest BCUT2D eigenvalue weighted by molar-refractivity contribution is 0.122. The zero-order chi connectivity index (χ0) is 22.0. The van der Waals surface area contributed by atoms with Gasteiger partial charge < -0.3 is 0 Å². The minimum Gasteiger partial charge on any atom is -0.299 e. The van der Waals surface area contributed by atoms with Crippen molar-refractivity contribution in [2.24, 2.45) is 7.05 Å². The summed E-state index contributed by atoms with van der Waals surface area (Å²) in [6.45, 7) is 9.55. The highest BCUT2D eigenvalue weighted by atomic mass is 16.1. The van der Waals surface area contributed by atoms with E-state index in [0.29, 0.717) is 12.4 Å². The van der Waals surface area contributed by atoms with Gasteiger partial charge in [0.15, 0.2) is 5.82 Å². The Hall–Kier alpha value is -3.11. The predicted molar refractivity (Wildman–Crippen MR) is 116 cm³/mol. The van der Waals surface area contributed by atoms with E-state index in [9.17, 15) is 9.59 Å². The van der Waals surface area contributed by atoms with Crippen LogP contribution in [0.3, 0.4) is 0 Å². The molecule has 10 heteroatoms.